The number of nitrogens with two attached hydrogens (primary N) is 1. The maximum Gasteiger partial charge on any atom is 0.163 e. The molecule has 3 N–H and O–H groups in total. The zero-order valence-corrected chi connectivity index (χ0v) is 13.2. The first-order valence-corrected chi connectivity index (χ1v) is 7.14. The summed E-state index contributed by atoms with van der Waals surface area (Å²) in [6.45, 7) is 12.3. The highest BCUT2D eigenvalue weighted by Gasteiger charge is 2.26. The summed E-state index contributed by atoms with van der Waals surface area (Å²) in [6, 6.07) is 3.78. The van der Waals surface area contributed by atoms with Crippen LogP contribution in [0.4, 0.5) is 11.4 Å². The number of ether oxygens (including phenoxy) is 2. The molecule has 0 saturated carbocycles. The molecule has 4 heteroatoms. The standard InChI is InChI=1S/C16H26N2O2/c1-15(2,3)10-16(4,5)18-12-9-14-13(8-11(12)17)19-6-7-20-14/h8-9,18H,6-7,10,17H2,1-5H3. The van der Waals surface area contributed by atoms with Crippen molar-refractivity contribution in [2.45, 2.75) is 46.6 Å². The van der Waals surface area contributed by atoms with Gasteiger partial charge in [-0.15, -0.1) is 0 Å². The Morgan fingerprint density at radius 3 is 2.15 bits per heavy atom. The Morgan fingerprint density at radius 2 is 1.60 bits per heavy atom. The van der Waals surface area contributed by atoms with Gasteiger partial charge in [0.2, 0.25) is 0 Å². The van der Waals surface area contributed by atoms with E-state index in [-0.39, 0.29) is 11.0 Å². The lowest BCUT2D eigenvalue weighted by molar-refractivity contribution is 0.172. The van der Waals surface area contributed by atoms with Crippen molar-refractivity contribution in [3.63, 3.8) is 0 Å². The molecule has 0 atom stereocenters. The molecule has 0 unspecified atom stereocenters. The SMILES string of the molecule is CC(C)(C)CC(C)(C)Nc1cc2c(cc1N)OCCO2. The molecule has 1 aliphatic rings. The van der Waals surface area contributed by atoms with Crippen molar-refractivity contribution in [2.75, 3.05) is 24.3 Å². The zero-order chi connectivity index (χ0) is 15.0. The third kappa shape index (κ3) is 3.71. The first-order chi connectivity index (χ1) is 9.16. The lowest BCUT2D eigenvalue weighted by Gasteiger charge is -2.35. The quantitative estimate of drug-likeness (QED) is 0.828. The Morgan fingerprint density at radius 1 is 1.05 bits per heavy atom. The van der Waals surface area contributed by atoms with Gasteiger partial charge in [-0.25, -0.2) is 0 Å². The van der Waals surface area contributed by atoms with E-state index in [4.69, 9.17) is 15.2 Å². The molecule has 0 fully saturated rings. The van der Waals surface area contributed by atoms with E-state index in [2.05, 4.69) is 39.9 Å². The highest BCUT2D eigenvalue weighted by atomic mass is 16.6. The van der Waals surface area contributed by atoms with Crippen LogP contribution in [0.1, 0.15) is 41.0 Å². The first kappa shape index (κ1) is 14.8. The first-order valence-electron chi connectivity index (χ1n) is 7.14. The highest BCUT2D eigenvalue weighted by Crippen LogP contribution is 2.39. The van der Waals surface area contributed by atoms with Gasteiger partial charge in [0.05, 0.1) is 11.4 Å². The fourth-order valence-electron chi connectivity index (χ4n) is 2.95. The highest BCUT2D eigenvalue weighted by molar-refractivity contribution is 5.72. The van der Waals surface area contributed by atoms with Gasteiger partial charge in [-0.1, -0.05) is 20.8 Å². The largest absolute Gasteiger partial charge is 0.486 e. The third-order valence-corrected chi connectivity index (χ3v) is 3.16. The van der Waals surface area contributed by atoms with Crippen LogP contribution in [-0.4, -0.2) is 18.8 Å². The van der Waals surface area contributed by atoms with Crippen LogP contribution in [0.3, 0.4) is 0 Å². The second kappa shape index (κ2) is 5.08. The van der Waals surface area contributed by atoms with Gasteiger partial charge in [0.25, 0.3) is 0 Å². The van der Waals surface area contributed by atoms with Gasteiger partial charge in [-0.2, -0.15) is 0 Å². The molecular formula is C16H26N2O2. The predicted octanol–water partition coefficient (Wildman–Crippen LogP) is 3.67. The minimum atomic E-state index is -0.0455. The van der Waals surface area contributed by atoms with E-state index in [1.165, 1.54) is 0 Å². The summed E-state index contributed by atoms with van der Waals surface area (Å²) in [5.74, 6) is 1.49. The molecule has 0 aliphatic carbocycles. The maximum atomic E-state index is 6.12. The monoisotopic (exact) mass is 278 g/mol. The number of hydrogen-bond donors (Lipinski definition) is 2. The normalized spacial score (nSPS) is 15.1. The Bertz CT molecular complexity index is 490. The lowest BCUT2D eigenvalue weighted by atomic mass is 9.81. The van der Waals surface area contributed by atoms with E-state index in [0.717, 1.165) is 23.6 Å². The summed E-state index contributed by atoms with van der Waals surface area (Å²) < 4.78 is 11.2. The average molecular weight is 278 g/mol. The Labute approximate surface area is 121 Å². The average Bonchev–Trinajstić information content (AvgIpc) is 2.26. The van der Waals surface area contributed by atoms with Gasteiger partial charge in [0, 0.05) is 17.7 Å². The van der Waals surface area contributed by atoms with Crippen molar-refractivity contribution in [1.29, 1.82) is 0 Å². The number of nitrogen functional groups attached to an aromatic ring is 1. The molecule has 20 heavy (non-hydrogen) atoms. The molecule has 0 saturated heterocycles. The van der Waals surface area contributed by atoms with E-state index in [9.17, 15) is 0 Å². The molecule has 2 rings (SSSR count). The number of rotatable bonds is 3. The molecule has 1 aliphatic heterocycles. The van der Waals surface area contributed by atoms with Crippen LogP contribution in [0.2, 0.25) is 0 Å². The molecule has 1 aromatic carbocycles. The van der Waals surface area contributed by atoms with E-state index < -0.39 is 0 Å². The van der Waals surface area contributed by atoms with Crippen molar-refractivity contribution < 1.29 is 9.47 Å². The Kier molecular flexibility index (Phi) is 3.76. The Balaban J connectivity index is 2.21. The van der Waals surface area contributed by atoms with Crippen LogP contribution in [0, 0.1) is 5.41 Å². The van der Waals surface area contributed by atoms with Gasteiger partial charge >= 0.3 is 0 Å². The molecule has 0 aromatic heterocycles. The smallest absolute Gasteiger partial charge is 0.163 e. The van der Waals surface area contributed by atoms with E-state index in [0.29, 0.717) is 18.9 Å². The van der Waals surface area contributed by atoms with Crippen molar-refractivity contribution in [2.24, 2.45) is 5.41 Å². The maximum absolute atomic E-state index is 6.12. The molecule has 0 radical (unpaired) electrons. The van der Waals surface area contributed by atoms with Gasteiger partial charge in [0.15, 0.2) is 11.5 Å². The molecule has 0 spiro atoms. The van der Waals surface area contributed by atoms with Crippen molar-refractivity contribution in [3.05, 3.63) is 12.1 Å². The summed E-state index contributed by atoms with van der Waals surface area (Å²) >= 11 is 0. The van der Waals surface area contributed by atoms with Crippen molar-refractivity contribution >= 4 is 11.4 Å². The molecule has 4 nitrogen and oxygen atoms in total. The van der Waals surface area contributed by atoms with Gasteiger partial charge < -0.3 is 20.5 Å². The molecule has 1 aromatic rings. The van der Waals surface area contributed by atoms with Crippen LogP contribution < -0.4 is 20.5 Å². The fraction of sp³-hybridized carbons (Fsp3) is 0.625. The lowest BCUT2D eigenvalue weighted by Crippen LogP contribution is -2.35. The van der Waals surface area contributed by atoms with Gasteiger partial charge in [0.1, 0.15) is 13.2 Å². The molecular weight excluding hydrogens is 252 g/mol. The topological polar surface area (TPSA) is 56.5 Å². The predicted molar refractivity (Wildman–Crippen MR) is 83.6 cm³/mol. The van der Waals surface area contributed by atoms with Crippen LogP contribution in [0.15, 0.2) is 12.1 Å². The van der Waals surface area contributed by atoms with Crippen LogP contribution in [-0.2, 0) is 0 Å². The summed E-state index contributed by atoms with van der Waals surface area (Å²) in [5.41, 5.74) is 7.92. The van der Waals surface area contributed by atoms with Crippen LogP contribution >= 0.6 is 0 Å². The van der Waals surface area contributed by atoms with Gasteiger partial charge in [-0.3, -0.25) is 0 Å². The second-order valence-corrected chi connectivity index (χ2v) is 7.33. The Hall–Kier alpha value is -1.58. The molecule has 0 bridgehead atoms. The van der Waals surface area contributed by atoms with Gasteiger partial charge in [-0.05, 0) is 25.7 Å². The summed E-state index contributed by atoms with van der Waals surface area (Å²) in [6.07, 6.45) is 1.04. The van der Waals surface area contributed by atoms with Crippen molar-refractivity contribution in [1.82, 2.24) is 0 Å². The number of anilines is 2. The number of hydrogen-bond acceptors (Lipinski definition) is 4. The number of fused-ring (bicyclic) bond motifs is 1. The third-order valence-electron chi connectivity index (χ3n) is 3.16. The molecule has 112 valence electrons. The van der Waals surface area contributed by atoms with Crippen LogP contribution in [0.5, 0.6) is 11.5 Å². The van der Waals surface area contributed by atoms with E-state index in [1.54, 1.807) is 0 Å². The summed E-state index contributed by atoms with van der Waals surface area (Å²) in [7, 11) is 0. The van der Waals surface area contributed by atoms with Crippen LogP contribution in [0.25, 0.3) is 0 Å². The summed E-state index contributed by atoms with van der Waals surface area (Å²) in [4.78, 5) is 0. The molecule has 1 heterocycles. The minimum absolute atomic E-state index is 0.0455. The zero-order valence-electron chi connectivity index (χ0n) is 13.2. The fourth-order valence-corrected chi connectivity index (χ4v) is 2.95. The van der Waals surface area contributed by atoms with E-state index >= 15 is 0 Å². The van der Waals surface area contributed by atoms with E-state index in [1.807, 2.05) is 12.1 Å². The number of benzene rings is 1. The summed E-state index contributed by atoms with van der Waals surface area (Å²) in [5, 5.41) is 3.53. The van der Waals surface area contributed by atoms with Crippen molar-refractivity contribution in [3.8, 4) is 11.5 Å². The minimum Gasteiger partial charge on any atom is -0.486 e. The molecule has 0 amide bonds. The second-order valence-electron chi connectivity index (χ2n) is 7.33. The number of nitrogens with one attached hydrogen (secondary N) is 1.